The summed E-state index contributed by atoms with van der Waals surface area (Å²) >= 11 is 0. The molecule has 2 N–H and O–H groups in total. The maximum atomic E-state index is 3.55. The Hall–Kier alpha value is -1.64. The molecule has 24 heavy (non-hydrogen) atoms. The van der Waals surface area contributed by atoms with Gasteiger partial charge in [-0.25, -0.2) is 0 Å². The Morgan fingerprint density at radius 3 is 1.25 bits per heavy atom. The summed E-state index contributed by atoms with van der Waals surface area (Å²) in [6, 6.07) is 21.5. The number of nitrogens with one attached hydrogen (secondary N) is 2. The van der Waals surface area contributed by atoms with Gasteiger partial charge in [-0.1, -0.05) is 60.7 Å². The molecule has 2 aromatic carbocycles. The number of hydrogen-bond donors (Lipinski definition) is 2. The van der Waals surface area contributed by atoms with Crippen molar-refractivity contribution in [1.29, 1.82) is 0 Å². The highest BCUT2D eigenvalue weighted by atomic mass is 14.9. The van der Waals surface area contributed by atoms with E-state index in [1.807, 2.05) is 0 Å². The van der Waals surface area contributed by atoms with Crippen LogP contribution in [-0.2, 0) is 12.8 Å². The summed E-state index contributed by atoms with van der Waals surface area (Å²) in [5, 5.41) is 7.10. The molecule has 0 aromatic heterocycles. The Balaban J connectivity index is 1.32. The molecule has 0 aliphatic heterocycles. The van der Waals surface area contributed by atoms with Crippen LogP contribution in [0.5, 0.6) is 0 Å². The van der Waals surface area contributed by atoms with Gasteiger partial charge >= 0.3 is 0 Å². The van der Waals surface area contributed by atoms with Gasteiger partial charge in [0, 0.05) is 0 Å². The van der Waals surface area contributed by atoms with E-state index in [1.165, 1.54) is 49.7 Å². The molecule has 2 aromatic rings. The molecule has 2 nitrogen and oxygen atoms in total. The highest BCUT2D eigenvalue weighted by molar-refractivity contribution is 5.15. The smallest absolute Gasteiger partial charge is 0.00457 e. The Morgan fingerprint density at radius 1 is 0.458 bits per heavy atom. The Labute approximate surface area is 147 Å². The predicted molar refractivity (Wildman–Crippen MR) is 104 cm³/mol. The van der Waals surface area contributed by atoms with Crippen LogP contribution in [0.3, 0.4) is 0 Å². The minimum atomic E-state index is 1.12. The van der Waals surface area contributed by atoms with Gasteiger partial charge in [0.05, 0.1) is 0 Å². The summed E-state index contributed by atoms with van der Waals surface area (Å²) in [5.74, 6) is 0. The second-order valence-electron chi connectivity index (χ2n) is 6.39. The lowest BCUT2D eigenvalue weighted by Gasteiger charge is -2.07. The Morgan fingerprint density at radius 2 is 0.833 bits per heavy atom. The SMILES string of the molecule is c1ccc(CCCNCCCCNCCCc2ccccc2)cc1. The summed E-state index contributed by atoms with van der Waals surface area (Å²) in [7, 11) is 0. The molecule has 0 fully saturated rings. The second-order valence-corrected chi connectivity index (χ2v) is 6.39. The molecule has 2 rings (SSSR count). The Bertz CT molecular complexity index is 461. The van der Waals surface area contributed by atoms with Crippen molar-refractivity contribution in [3.63, 3.8) is 0 Å². The van der Waals surface area contributed by atoms with Gasteiger partial charge in [-0.05, 0) is 75.8 Å². The van der Waals surface area contributed by atoms with E-state index in [2.05, 4.69) is 71.3 Å². The van der Waals surface area contributed by atoms with Crippen molar-refractivity contribution in [2.75, 3.05) is 26.2 Å². The zero-order valence-corrected chi connectivity index (χ0v) is 14.8. The largest absolute Gasteiger partial charge is 0.317 e. The molecule has 2 heteroatoms. The van der Waals surface area contributed by atoms with E-state index in [9.17, 15) is 0 Å². The van der Waals surface area contributed by atoms with Gasteiger partial charge < -0.3 is 10.6 Å². The molecule has 0 saturated heterocycles. The van der Waals surface area contributed by atoms with Gasteiger partial charge in [-0.15, -0.1) is 0 Å². The van der Waals surface area contributed by atoms with Crippen molar-refractivity contribution in [2.45, 2.75) is 38.5 Å². The van der Waals surface area contributed by atoms with Gasteiger partial charge in [-0.2, -0.15) is 0 Å². The number of aryl methyl sites for hydroxylation is 2. The van der Waals surface area contributed by atoms with Gasteiger partial charge in [0.1, 0.15) is 0 Å². The van der Waals surface area contributed by atoms with Crippen LogP contribution in [0.25, 0.3) is 0 Å². The van der Waals surface area contributed by atoms with Crippen LogP contribution >= 0.6 is 0 Å². The van der Waals surface area contributed by atoms with Crippen LogP contribution in [-0.4, -0.2) is 26.2 Å². The molecule has 0 bridgehead atoms. The molecule has 0 aliphatic rings. The third kappa shape index (κ3) is 8.85. The molecule has 0 unspecified atom stereocenters. The first-order chi connectivity index (χ1) is 11.9. The van der Waals surface area contributed by atoms with Crippen molar-refractivity contribution >= 4 is 0 Å². The van der Waals surface area contributed by atoms with Crippen LogP contribution in [0.15, 0.2) is 60.7 Å². The molecule has 130 valence electrons. The van der Waals surface area contributed by atoms with E-state index in [0.717, 1.165) is 26.2 Å². The summed E-state index contributed by atoms with van der Waals surface area (Å²) < 4.78 is 0. The highest BCUT2D eigenvalue weighted by Gasteiger charge is 1.94. The standard InChI is InChI=1S/C22H32N2/c1-3-11-21(12-4-1)15-9-19-23-17-7-8-18-24-20-10-16-22-13-5-2-6-14-22/h1-6,11-14,23-24H,7-10,15-20H2. The molecule has 0 heterocycles. The van der Waals surface area contributed by atoms with Gasteiger partial charge in [-0.3, -0.25) is 0 Å². The van der Waals surface area contributed by atoms with Crippen LogP contribution in [0.2, 0.25) is 0 Å². The van der Waals surface area contributed by atoms with Gasteiger partial charge in [0.2, 0.25) is 0 Å². The quantitative estimate of drug-likeness (QED) is 0.539. The van der Waals surface area contributed by atoms with E-state index in [4.69, 9.17) is 0 Å². The third-order valence-corrected chi connectivity index (χ3v) is 4.28. The fourth-order valence-electron chi connectivity index (χ4n) is 2.87. The maximum Gasteiger partial charge on any atom is -0.00457 e. The summed E-state index contributed by atoms with van der Waals surface area (Å²) in [6.45, 7) is 4.53. The minimum absolute atomic E-state index is 1.12. The van der Waals surface area contributed by atoms with E-state index < -0.39 is 0 Å². The average molecular weight is 325 g/mol. The topological polar surface area (TPSA) is 24.1 Å². The fraction of sp³-hybridized carbons (Fsp3) is 0.455. The number of hydrogen-bond acceptors (Lipinski definition) is 2. The Kier molecular flexibility index (Phi) is 9.93. The van der Waals surface area contributed by atoms with E-state index in [-0.39, 0.29) is 0 Å². The van der Waals surface area contributed by atoms with Crippen LogP contribution in [0, 0.1) is 0 Å². The normalized spacial score (nSPS) is 10.8. The zero-order chi connectivity index (χ0) is 16.7. The highest BCUT2D eigenvalue weighted by Crippen LogP contribution is 2.02. The molecule has 0 spiro atoms. The number of unbranched alkanes of at least 4 members (excludes halogenated alkanes) is 1. The summed E-state index contributed by atoms with van der Waals surface area (Å²) in [5.41, 5.74) is 2.89. The van der Waals surface area contributed by atoms with Crippen molar-refractivity contribution in [2.24, 2.45) is 0 Å². The number of rotatable bonds is 13. The average Bonchev–Trinajstić information content (AvgIpc) is 2.64. The predicted octanol–water partition coefficient (Wildman–Crippen LogP) is 4.21. The van der Waals surface area contributed by atoms with E-state index in [0.29, 0.717) is 0 Å². The lowest BCUT2D eigenvalue weighted by Crippen LogP contribution is -2.21. The first-order valence-corrected chi connectivity index (χ1v) is 9.44. The first-order valence-electron chi connectivity index (χ1n) is 9.44. The summed E-state index contributed by atoms with van der Waals surface area (Å²) in [4.78, 5) is 0. The van der Waals surface area contributed by atoms with Crippen molar-refractivity contribution in [1.82, 2.24) is 10.6 Å². The van der Waals surface area contributed by atoms with Crippen molar-refractivity contribution in [3.8, 4) is 0 Å². The van der Waals surface area contributed by atoms with Crippen molar-refractivity contribution in [3.05, 3.63) is 71.8 Å². The molecule has 0 amide bonds. The fourth-order valence-corrected chi connectivity index (χ4v) is 2.87. The van der Waals surface area contributed by atoms with Crippen LogP contribution in [0.1, 0.15) is 36.8 Å². The minimum Gasteiger partial charge on any atom is -0.317 e. The molecule has 0 radical (unpaired) electrons. The molecular formula is C22H32N2. The summed E-state index contributed by atoms with van der Waals surface area (Å²) in [6.07, 6.45) is 7.32. The third-order valence-electron chi connectivity index (χ3n) is 4.28. The molecule has 0 saturated carbocycles. The first kappa shape index (κ1) is 18.7. The lowest BCUT2D eigenvalue weighted by molar-refractivity contribution is 0.567. The molecule has 0 atom stereocenters. The van der Waals surface area contributed by atoms with Gasteiger partial charge in [0.15, 0.2) is 0 Å². The van der Waals surface area contributed by atoms with E-state index in [1.54, 1.807) is 0 Å². The maximum absolute atomic E-state index is 3.55. The second kappa shape index (κ2) is 12.7. The van der Waals surface area contributed by atoms with Crippen molar-refractivity contribution < 1.29 is 0 Å². The zero-order valence-electron chi connectivity index (χ0n) is 14.8. The van der Waals surface area contributed by atoms with E-state index >= 15 is 0 Å². The lowest BCUT2D eigenvalue weighted by atomic mass is 10.1. The number of benzene rings is 2. The monoisotopic (exact) mass is 324 g/mol. The molecular weight excluding hydrogens is 292 g/mol. The van der Waals surface area contributed by atoms with Crippen LogP contribution in [0.4, 0.5) is 0 Å². The molecule has 0 aliphatic carbocycles. The van der Waals surface area contributed by atoms with Gasteiger partial charge in [0.25, 0.3) is 0 Å². The van der Waals surface area contributed by atoms with Crippen LogP contribution < -0.4 is 10.6 Å².